The second-order valence-electron chi connectivity index (χ2n) is 5.71. The van der Waals surface area contributed by atoms with Gasteiger partial charge in [0.15, 0.2) is 0 Å². The van der Waals surface area contributed by atoms with Crippen LogP contribution in [0.15, 0.2) is 18.2 Å². The largest absolute Gasteiger partial charge is 0.307 e. The van der Waals surface area contributed by atoms with Gasteiger partial charge in [-0.25, -0.2) is 8.78 Å². The van der Waals surface area contributed by atoms with Crippen LogP contribution in [0.2, 0.25) is 0 Å². The van der Waals surface area contributed by atoms with E-state index >= 15 is 0 Å². The third-order valence-corrected chi connectivity index (χ3v) is 4.30. The summed E-state index contributed by atoms with van der Waals surface area (Å²) in [6.07, 6.45) is 6.32. The van der Waals surface area contributed by atoms with Crippen molar-refractivity contribution in [1.29, 1.82) is 0 Å². The number of halogens is 2. The van der Waals surface area contributed by atoms with Crippen molar-refractivity contribution in [2.45, 2.75) is 58.0 Å². The van der Waals surface area contributed by atoms with Gasteiger partial charge in [-0.15, -0.1) is 0 Å². The van der Waals surface area contributed by atoms with E-state index in [1.165, 1.54) is 50.3 Å². The molecule has 1 aliphatic rings. The number of rotatable bonds is 4. The van der Waals surface area contributed by atoms with Gasteiger partial charge in [0.25, 0.3) is 0 Å². The highest BCUT2D eigenvalue weighted by Gasteiger charge is 2.23. The van der Waals surface area contributed by atoms with Crippen LogP contribution in [0.1, 0.15) is 57.6 Å². The summed E-state index contributed by atoms with van der Waals surface area (Å²) in [5, 5.41) is 3.37. The molecule has 2 atom stereocenters. The zero-order chi connectivity index (χ0) is 13.8. The SMILES string of the molecule is CC(N[C@H](C)C1CCCCC1)c1c(F)cccc1F. The molecule has 0 heterocycles. The van der Waals surface area contributed by atoms with Gasteiger partial charge in [-0.05, 0) is 44.7 Å². The van der Waals surface area contributed by atoms with Crippen LogP contribution in [0.4, 0.5) is 8.78 Å². The summed E-state index contributed by atoms with van der Waals surface area (Å²) in [5.74, 6) is -0.294. The monoisotopic (exact) mass is 267 g/mol. The van der Waals surface area contributed by atoms with E-state index < -0.39 is 11.6 Å². The van der Waals surface area contributed by atoms with E-state index in [1.807, 2.05) is 6.92 Å². The lowest BCUT2D eigenvalue weighted by molar-refractivity contribution is 0.265. The molecule has 0 bridgehead atoms. The average molecular weight is 267 g/mol. The second-order valence-corrected chi connectivity index (χ2v) is 5.71. The Balaban J connectivity index is 2.01. The van der Waals surface area contributed by atoms with Crippen molar-refractivity contribution in [2.75, 3.05) is 0 Å². The highest BCUT2D eigenvalue weighted by molar-refractivity contribution is 5.22. The molecule has 0 saturated heterocycles. The zero-order valence-electron chi connectivity index (χ0n) is 11.8. The molecular formula is C16H23F2N. The first-order valence-electron chi connectivity index (χ1n) is 7.29. The minimum absolute atomic E-state index is 0.158. The molecule has 106 valence electrons. The molecule has 1 N–H and O–H groups in total. The third kappa shape index (κ3) is 3.53. The predicted molar refractivity (Wildman–Crippen MR) is 73.9 cm³/mol. The van der Waals surface area contributed by atoms with Crippen molar-refractivity contribution in [2.24, 2.45) is 5.92 Å². The second kappa shape index (κ2) is 6.47. The molecule has 3 heteroatoms. The minimum atomic E-state index is -0.462. The van der Waals surface area contributed by atoms with Crippen LogP contribution in [0.3, 0.4) is 0 Å². The highest BCUT2D eigenvalue weighted by atomic mass is 19.1. The summed E-state index contributed by atoms with van der Waals surface area (Å²) in [6, 6.07) is 4.06. The predicted octanol–water partition coefficient (Wildman–Crippen LogP) is 4.58. The van der Waals surface area contributed by atoms with E-state index in [9.17, 15) is 8.78 Å². The minimum Gasteiger partial charge on any atom is -0.307 e. The van der Waals surface area contributed by atoms with Crippen LogP contribution < -0.4 is 5.32 Å². The summed E-state index contributed by atoms with van der Waals surface area (Å²) < 4.78 is 27.4. The molecule has 1 fully saturated rings. The number of hydrogen-bond donors (Lipinski definition) is 1. The van der Waals surface area contributed by atoms with Crippen molar-refractivity contribution in [3.63, 3.8) is 0 Å². The fourth-order valence-corrected chi connectivity index (χ4v) is 3.17. The van der Waals surface area contributed by atoms with Gasteiger partial charge >= 0.3 is 0 Å². The maximum absolute atomic E-state index is 13.7. The van der Waals surface area contributed by atoms with E-state index in [-0.39, 0.29) is 11.6 Å². The van der Waals surface area contributed by atoms with Crippen molar-refractivity contribution >= 4 is 0 Å². The van der Waals surface area contributed by atoms with Gasteiger partial charge in [0.2, 0.25) is 0 Å². The van der Waals surface area contributed by atoms with Crippen molar-refractivity contribution in [3.05, 3.63) is 35.4 Å². The van der Waals surface area contributed by atoms with Gasteiger partial charge in [0, 0.05) is 17.6 Å². The zero-order valence-corrected chi connectivity index (χ0v) is 11.8. The third-order valence-electron chi connectivity index (χ3n) is 4.30. The van der Waals surface area contributed by atoms with Gasteiger partial charge < -0.3 is 5.32 Å². The Labute approximate surface area is 114 Å². The van der Waals surface area contributed by atoms with Crippen molar-refractivity contribution < 1.29 is 8.78 Å². The molecule has 0 aromatic heterocycles. The maximum Gasteiger partial charge on any atom is 0.130 e. The standard InChI is InChI=1S/C16H23F2N/c1-11(13-7-4-3-5-8-13)19-12(2)16-14(17)9-6-10-15(16)18/h6,9-13,19H,3-5,7-8H2,1-2H3/t11-,12?/m1/s1. The first-order chi connectivity index (χ1) is 9.09. The highest BCUT2D eigenvalue weighted by Crippen LogP contribution is 2.28. The molecule has 0 aliphatic heterocycles. The van der Waals surface area contributed by atoms with Crippen LogP contribution in [-0.4, -0.2) is 6.04 Å². The molecular weight excluding hydrogens is 244 g/mol. The van der Waals surface area contributed by atoms with Crippen molar-refractivity contribution in [3.8, 4) is 0 Å². The summed E-state index contributed by atoms with van der Waals surface area (Å²) in [7, 11) is 0. The van der Waals surface area contributed by atoms with E-state index in [0.29, 0.717) is 12.0 Å². The number of hydrogen-bond acceptors (Lipinski definition) is 1. The Hall–Kier alpha value is -0.960. The Morgan fingerprint density at radius 3 is 2.21 bits per heavy atom. The maximum atomic E-state index is 13.7. The van der Waals surface area contributed by atoms with Gasteiger partial charge in [0.1, 0.15) is 11.6 Å². The Morgan fingerprint density at radius 1 is 1.05 bits per heavy atom. The van der Waals surface area contributed by atoms with Crippen LogP contribution in [0.5, 0.6) is 0 Å². The van der Waals surface area contributed by atoms with Gasteiger partial charge in [0.05, 0.1) is 0 Å². The summed E-state index contributed by atoms with van der Waals surface area (Å²) in [5.41, 5.74) is 0.158. The quantitative estimate of drug-likeness (QED) is 0.841. The van der Waals surface area contributed by atoms with E-state index in [0.717, 1.165) is 0 Å². The fourth-order valence-electron chi connectivity index (χ4n) is 3.17. The molecule has 0 radical (unpaired) electrons. The van der Waals surface area contributed by atoms with Crippen LogP contribution >= 0.6 is 0 Å². The molecule has 1 aliphatic carbocycles. The molecule has 2 rings (SSSR count). The Bertz CT molecular complexity index is 393. The first kappa shape index (κ1) is 14.4. The van der Waals surface area contributed by atoms with Gasteiger partial charge in [-0.2, -0.15) is 0 Å². The van der Waals surface area contributed by atoms with E-state index in [4.69, 9.17) is 0 Å². The molecule has 0 spiro atoms. The molecule has 1 saturated carbocycles. The smallest absolute Gasteiger partial charge is 0.130 e. The Morgan fingerprint density at radius 2 is 1.63 bits per heavy atom. The molecule has 19 heavy (non-hydrogen) atoms. The number of nitrogens with one attached hydrogen (secondary N) is 1. The molecule has 1 aromatic rings. The molecule has 1 nitrogen and oxygen atoms in total. The average Bonchev–Trinajstić information content (AvgIpc) is 2.39. The summed E-state index contributed by atoms with van der Waals surface area (Å²) in [6.45, 7) is 3.96. The number of benzene rings is 1. The lowest BCUT2D eigenvalue weighted by Gasteiger charge is -2.31. The summed E-state index contributed by atoms with van der Waals surface area (Å²) >= 11 is 0. The fraction of sp³-hybridized carbons (Fsp3) is 0.625. The van der Waals surface area contributed by atoms with Gasteiger partial charge in [-0.1, -0.05) is 25.3 Å². The molecule has 1 unspecified atom stereocenters. The lowest BCUT2D eigenvalue weighted by atomic mass is 9.84. The van der Waals surface area contributed by atoms with E-state index in [1.54, 1.807) is 0 Å². The van der Waals surface area contributed by atoms with Crippen LogP contribution in [-0.2, 0) is 0 Å². The van der Waals surface area contributed by atoms with Gasteiger partial charge in [-0.3, -0.25) is 0 Å². The lowest BCUT2D eigenvalue weighted by Crippen LogP contribution is -2.36. The Kier molecular flexibility index (Phi) is 4.92. The molecule has 0 amide bonds. The topological polar surface area (TPSA) is 12.0 Å². The molecule has 1 aromatic carbocycles. The van der Waals surface area contributed by atoms with E-state index in [2.05, 4.69) is 12.2 Å². The van der Waals surface area contributed by atoms with Crippen LogP contribution in [0.25, 0.3) is 0 Å². The first-order valence-corrected chi connectivity index (χ1v) is 7.29. The van der Waals surface area contributed by atoms with Crippen LogP contribution in [0, 0.1) is 17.6 Å². The normalized spacial score (nSPS) is 20.2. The van der Waals surface area contributed by atoms with Crippen molar-refractivity contribution in [1.82, 2.24) is 5.32 Å². The summed E-state index contributed by atoms with van der Waals surface area (Å²) in [4.78, 5) is 0.